The summed E-state index contributed by atoms with van der Waals surface area (Å²) in [5, 5.41) is 35.4. The van der Waals surface area contributed by atoms with Gasteiger partial charge in [0.25, 0.3) is 17.7 Å². The maximum absolute atomic E-state index is 14.9. The highest BCUT2D eigenvalue weighted by Crippen LogP contribution is 2.50. The third-order valence-corrected chi connectivity index (χ3v) is 30.0. The zero-order chi connectivity index (χ0) is 94.8. The van der Waals surface area contributed by atoms with E-state index in [0.29, 0.717) is 125 Å². The molecule has 708 valence electrons. The molecule has 6 aromatic carbocycles. The molecule has 7 fully saturated rings. The molecular formula is C103H113F6N21O6. The van der Waals surface area contributed by atoms with Gasteiger partial charge in [0.2, 0.25) is 0 Å². The first-order valence-corrected chi connectivity index (χ1v) is 47.6. The lowest BCUT2D eigenvalue weighted by molar-refractivity contribution is -0.136. The molecule has 10 aliphatic rings. The predicted octanol–water partition coefficient (Wildman–Crippen LogP) is 14.7. The highest BCUT2D eigenvalue weighted by atomic mass is 19.4. The van der Waals surface area contributed by atoms with Crippen LogP contribution in [-0.2, 0) is 59.5 Å². The minimum absolute atomic E-state index is 0.00323. The summed E-state index contributed by atoms with van der Waals surface area (Å²) in [4.78, 5) is 95.1. The standard InChI is InChI=1S/C103H113F6N21O6/c1-61(2)79-19-9-16-67-44-69(48-89(91(67)79)123-36-29-82-86(56-123)114-100(134-58-76-18-13-34-119(76)6)116-95(82)126-39-42-129(98(132)63(4)105)74(53-126)26-32-111)71-46-77(120(7)50-71)60-136-102-115-87-57-124(37-30-83(87)96(118-102)127-40-43-130(99(133)64(5)106)75(54-127)27-33-112)90-49-70(45-68-17-10-20-80(92(68)90)65-23-24-65)72-47-78(121(8)51-72)59-135-101-113-85-55-122(88-22-12-15-66-14-11-21-84(93(66)88)103(107,108)109)35-28-81(85)94(117-101)125-38-41-128(97(131)62(3)104)73(52-125)25-31-110/h9-12,14-17,19-22,44-45,48-49,61,65,71-78H,3-5,13,18,23-30,34-43,46-47,50-60H2,1-2,6-8H3/t71?,72?,73-,74-,75-,76-,77-,78-/m0/s1. The van der Waals surface area contributed by atoms with Crippen molar-refractivity contribution in [3.63, 3.8) is 0 Å². The fraction of sp³-hybridized carbons (Fsp3) is 0.476. The van der Waals surface area contributed by atoms with Crippen LogP contribution in [0.1, 0.15) is 157 Å². The molecule has 0 N–H and O–H groups in total. The number of rotatable bonds is 25. The maximum Gasteiger partial charge on any atom is 0.417 e. The van der Waals surface area contributed by atoms with E-state index in [9.17, 15) is 56.5 Å². The van der Waals surface area contributed by atoms with Gasteiger partial charge in [0, 0.05) is 160 Å². The number of carbonyl (C=O) groups is 3. The number of amides is 3. The Morgan fingerprint density at radius 1 is 0.434 bits per heavy atom. The summed E-state index contributed by atoms with van der Waals surface area (Å²) in [6.45, 7) is 22.0. The summed E-state index contributed by atoms with van der Waals surface area (Å²) in [5.74, 6) is -3.28. The minimum atomic E-state index is -4.63. The molecule has 6 saturated heterocycles. The second kappa shape index (κ2) is 38.3. The highest BCUT2D eigenvalue weighted by Gasteiger charge is 2.44. The number of likely N-dealkylation sites (N-methyl/N-ethyl adjacent to an activating group) is 3. The normalized spacial score (nSPS) is 22.3. The number of anilines is 6. The summed E-state index contributed by atoms with van der Waals surface area (Å²) in [6.07, 6.45) is 2.36. The van der Waals surface area contributed by atoms with Crippen LogP contribution in [0.25, 0.3) is 32.3 Å². The molecular weight excluding hydrogens is 1740 g/mol. The molecule has 33 heteroatoms. The molecule has 3 amide bonds. The summed E-state index contributed by atoms with van der Waals surface area (Å²) < 4.78 is 109. The van der Waals surface area contributed by atoms with Gasteiger partial charge in [0.15, 0.2) is 17.5 Å². The molecule has 0 radical (unpaired) electrons. The molecule has 1 aliphatic carbocycles. The molecule has 8 atom stereocenters. The largest absolute Gasteiger partial charge is 0.462 e. The molecule has 19 rings (SSSR count). The van der Waals surface area contributed by atoms with Crippen molar-refractivity contribution in [1.29, 1.82) is 15.8 Å². The van der Waals surface area contributed by atoms with E-state index >= 15 is 0 Å². The minimum Gasteiger partial charge on any atom is -0.462 e. The number of nitriles is 3. The molecule has 0 bridgehead atoms. The van der Waals surface area contributed by atoms with Gasteiger partial charge in [-0.1, -0.05) is 106 Å². The van der Waals surface area contributed by atoms with E-state index in [1.54, 1.807) is 24.3 Å². The van der Waals surface area contributed by atoms with Crippen molar-refractivity contribution < 1.29 is 54.9 Å². The third kappa shape index (κ3) is 18.4. The highest BCUT2D eigenvalue weighted by molar-refractivity contribution is 6.01. The predicted molar refractivity (Wildman–Crippen MR) is 508 cm³/mol. The van der Waals surface area contributed by atoms with Gasteiger partial charge in [-0.05, 0) is 172 Å². The van der Waals surface area contributed by atoms with Crippen LogP contribution in [0.4, 0.5) is 60.9 Å². The number of halogens is 6. The molecule has 9 aromatic rings. The van der Waals surface area contributed by atoms with Gasteiger partial charge < -0.3 is 63.2 Å². The summed E-state index contributed by atoms with van der Waals surface area (Å²) in [7, 11) is 6.32. The van der Waals surface area contributed by atoms with Gasteiger partial charge in [-0.2, -0.15) is 58.9 Å². The second-order valence-electron chi connectivity index (χ2n) is 38.7. The van der Waals surface area contributed by atoms with E-state index in [-0.39, 0.29) is 144 Å². The topological polar surface area (TPSA) is 266 Å². The van der Waals surface area contributed by atoms with E-state index in [1.807, 2.05) is 9.80 Å². The van der Waals surface area contributed by atoms with Crippen molar-refractivity contribution in [2.45, 2.75) is 177 Å². The fourth-order valence-corrected chi connectivity index (χ4v) is 22.7. The van der Waals surface area contributed by atoms with Crippen LogP contribution in [0.2, 0.25) is 0 Å². The zero-order valence-electron chi connectivity index (χ0n) is 77.6. The lowest BCUT2D eigenvalue weighted by Crippen LogP contribution is -2.55. The Morgan fingerprint density at radius 3 is 1.25 bits per heavy atom. The third-order valence-electron chi connectivity index (χ3n) is 30.0. The molecule has 0 spiro atoms. The Kier molecular flexibility index (Phi) is 26.0. The molecule has 12 heterocycles. The van der Waals surface area contributed by atoms with Crippen LogP contribution < -0.4 is 43.6 Å². The van der Waals surface area contributed by atoms with Crippen LogP contribution in [0.3, 0.4) is 0 Å². The Labute approximate surface area is 787 Å². The van der Waals surface area contributed by atoms with Crippen LogP contribution in [0.5, 0.6) is 18.0 Å². The number of alkyl halides is 3. The van der Waals surface area contributed by atoms with E-state index in [0.717, 1.165) is 107 Å². The van der Waals surface area contributed by atoms with E-state index in [2.05, 4.69) is 168 Å². The molecule has 3 aromatic heterocycles. The average Bonchev–Trinajstić information content (AvgIpc) is 1.32. The Hall–Kier alpha value is -12.9. The average molecular weight is 1860 g/mol. The van der Waals surface area contributed by atoms with Crippen molar-refractivity contribution in [3.05, 3.63) is 196 Å². The van der Waals surface area contributed by atoms with Crippen LogP contribution in [0.15, 0.2) is 134 Å². The number of likely N-dealkylation sites (tertiary alicyclic amines) is 3. The number of piperazine rings is 3. The lowest BCUT2D eigenvalue weighted by atomic mass is 9.88. The number of benzene rings is 6. The monoisotopic (exact) mass is 1850 g/mol. The van der Waals surface area contributed by atoms with Gasteiger partial charge in [-0.15, -0.1) is 0 Å². The fourth-order valence-electron chi connectivity index (χ4n) is 22.7. The number of nitrogens with zero attached hydrogens (tertiary/aromatic N) is 21. The number of ether oxygens (including phenoxy) is 3. The van der Waals surface area contributed by atoms with Crippen LogP contribution >= 0.6 is 0 Å². The number of fused-ring (bicyclic) bond motifs is 6. The first-order chi connectivity index (χ1) is 65.6. The lowest BCUT2D eigenvalue weighted by Gasteiger charge is -2.42. The van der Waals surface area contributed by atoms with Crippen molar-refractivity contribution in [2.24, 2.45) is 0 Å². The zero-order valence-corrected chi connectivity index (χ0v) is 77.6. The van der Waals surface area contributed by atoms with Crippen LogP contribution in [-0.4, -0.2) is 252 Å². The number of hydrogen-bond acceptors (Lipinski definition) is 24. The van der Waals surface area contributed by atoms with Gasteiger partial charge >= 0.3 is 24.2 Å². The molecule has 27 nitrogen and oxygen atoms in total. The summed E-state index contributed by atoms with van der Waals surface area (Å²) in [5.41, 5.74) is 11.5. The van der Waals surface area contributed by atoms with Crippen molar-refractivity contribution in [3.8, 4) is 36.2 Å². The van der Waals surface area contributed by atoms with Crippen LogP contribution in [0, 0.1) is 34.0 Å². The Bertz CT molecular complexity index is 6350. The smallest absolute Gasteiger partial charge is 0.417 e. The molecule has 2 unspecified atom stereocenters. The summed E-state index contributed by atoms with van der Waals surface area (Å²) >= 11 is 0. The quantitative estimate of drug-likeness (QED) is 0.0380. The van der Waals surface area contributed by atoms with Gasteiger partial charge in [0.05, 0.1) is 97.9 Å². The molecule has 9 aliphatic heterocycles. The Morgan fingerprint density at radius 2 is 0.838 bits per heavy atom. The maximum atomic E-state index is 14.9. The first kappa shape index (κ1) is 92.2. The van der Waals surface area contributed by atoms with Crippen molar-refractivity contribution >= 4 is 84.6 Å². The van der Waals surface area contributed by atoms with Crippen molar-refractivity contribution in [2.75, 3.05) is 169 Å². The second-order valence-corrected chi connectivity index (χ2v) is 38.7. The number of hydrogen-bond donors (Lipinski definition) is 0. The number of carbonyl (C=O) groups excluding carboxylic acids is 3. The van der Waals surface area contributed by atoms with E-state index in [4.69, 9.17) is 44.1 Å². The SMILES string of the molecule is C=C(F)C(=O)N1CCN(c2nc(OC[C@@H]3CCCN3C)nc3c2CCN(c2cc(C4C[C@@H](COc5nc6c(c(N7CCN(C(=O)C(=C)F)[C@@H](CC#N)C7)n5)CCN(c5cc(C7C[C@@H](COc8nc9c(c(N%10CCN(C(=O)C(=C)F)[C@@H](CC#N)C%10)n8)CCN(c8cccc%10cccc(C(F)(F)F)c8%10)C9)N(C)C7)cc7cccc(C8CC8)c57)C6)N(C)C4)cc4cccc(C(C)C)c24)C3)C[C@@H]1CC#N. The van der Waals surface area contributed by atoms with E-state index in [1.165, 1.54) is 48.2 Å². The van der Waals surface area contributed by atoms with Gasteiger partial charge in [0.1, 0.15) is 37.3 Å². The number of aromatic nitrogens is 6. The summed E-state index contributed by atoms with van der Waals surface area (Å²) in [6, 6.07) is 37.1. The van der Waals surface area contributed by atoms with Gasteiger partial charge in [-0.25, -0.2) is 13.2 Å². The van der Waals surface area contributed by atoms with Gasteiger partial charge in [-0.3, -0.25) is 24.2 Å². The van der Waals surface area contributed by atoms with Crippen molar-refractivity contribution in [1.82, 2.24) is 59.3 Å². The Balaban J connectivity index is 0.604. The first-order valence-electron chi connectivity index (χ1n) is 47.6. The molecule has 1 saturated carbocycles. The van der Waals surface area contributed by atoms with E-state index < -0.39 is 65.1 Å². The molecule has 136 heavy (non-hydrogen) atoms.